The molecule has 0 radical (unpaired) electrons. The molecule has 3 N–H and O–H groups in total. The van der Waals surface area contributed by atoms with Crippen molar-refractivity contribution in [2.45, 2.75) is 6.92 Å². The maximum absolute atomic E-state index is 10.3. The third-order valence-corrected chi connectivity index (χ3v) is 2.25. The maximum atomic E-state index is 10.3. The number of hydrogen-bond acceptors (Lipinski definition) is 3. The van der Waals surface area contributed by atoms with Gasteiger partial charge >= 0.3 is 5.97 Å². The predicted molar refractivity (Wildman–Crippen MR) is 48.9 cm³/mol. The Bertz CT molecular complexity index is 328. The van der Waals surface area contributed by atoms with Crippen LogP contribution in [-0.2, 0) is 4.79 Å². The molecule has 0 bridgehead atoms. The summed E-state index contributed by atoms with van der Waals surface area (Å²) >= 11 is 1.51. The van der Waals surface area contributed by atoms with Crippen LogP contribution in [0.25, 0.3) is 6.08 Å². The Morgan fingerprint density at radius 1 is 1.67 bits per heavy atom. The summed E-state index contributed by atoms with van der Waals surface area (Å²) in [5, 5.41) is 8.46. The quantitative estimate of drug-likeness (QED) is 0.682. The molecular formula is C8H9NO2S. The van der Waals surface area contributed by atoms with E-state index >= 15 is 0 Å². The largest absolute Gasteiger partial charge is 0.477 e. The van der Waals surface area contributed by atoms with Crippen molar-refractivity contribution in [2.24, 2.45) is 5.73 Å². The first-order valence-electron chi connectivity index (χ1n) is 3.36. The van der Waals surface area contributed by atoms with Gasteiger partial charge in [-0.25, -0.2) is 4.79 Å². The van der Waals surface area contributed by atoms with E-state index < -0.39 is 5.97 Å². The Kier molecular flexibility index (Phi) is 2.50. The number of aliphatic carboxylic acids is 1. The van der Waals surface area contributed by atoms with Crippen molar-refractivity contribution in [1.82, 2.24) is 0 Å². The van der Waals surface area contributed by atoms with Gasteiger partial charge < -0.3 is 10.8 Å². The third kappa shape index (κ3) is 2.10. The van der Waals surface area contributed by atoms with Gasteiger partial charge in [0, 0.05) is 9.75 Å². The summed E-state index contributed by atoms with van der Waals surface area (Å²) in [5.41, 5.74) is 5.10. The second-order valence-corrected chi connectivity index (χ2v) is 3.67. The summed E-state index contributed by atoms with van der Waals surface area (Å²) in [6.45, 7) is 1.96. The maximum Gasteiger partial charge on any atom is 0.351 e. The fourth-order valence-corrected chi connectivity index (χ4v) is 1.58. The zero-order valence-electron chi connectivity index (χ0n) is 6.57. The number of carboxylic acid groups (broad SMARTS) is 1. The lowest BCUT2D eigenvalue weighted by molar-refractivity contribution is -0.132. The Morgan fingerprint density at radius 3 is 2.75 bits per heavy atom. The van der Waals surface area contributed by atoms with Crippen LogP contribution in [-0.4, -0.2) is 11.1 Å². The second kappa shape index (κ2) is 3.40. The lowest BCUT2D eigenvalue weighted by Gasteiger charge is -1.90. The first kappa shape index (κ1) is 8.80. The lowest BCUT2D eigenvalue weighted by Crippen LogP contribution is -2.08. The van der Waals surface area contributed by atoms with Crippen molar-refractivity contribution in [3.8, 4) is 0 Å². The minimum atomic E-state index is -1.08. The number of carbonyl (C=O) groups is 1. The molecule has 1 aromatic heterocycles. The van der Waals surface area contributed by atoms with Crippen LogP contribution in [0.3, 0.4) is 0 Å². The van der Waals surface area contributed by atoms with Crippen molar-refractivity contribution >= 4 is 23.4 Å². The molecule has 0 fully saturated rings. The molecule has 0 aromatic carbocycles. The highest BCUT2D eigenvalue weighted by molar-refractivity contribution is 7.12. The number of hydrogen-bond donors (Lipinski definition) is 2. The van der Waals surface area contributed by atoms with E-state index in [1.54, 1.807) is 0 Å². The first-order chi connectivity index (χ1) is 5.59. The molecule has 0 spiro atoms. The molecule has 0 aliphatic rings. The summed E-state index contributed by atoms with van der Waals surface area (Å²) in [7, 11) is 0. The molecule has 1 rings (SSSR count). The van der Waals surface area contributed by atoms with Crippen molar-refractivity contribution in [1.29, 1.82) is 0 Å². The Balaban J connectivity index is 2.87. The topological polar surface area (TPSA) is 63.3 Å². The summed E-state index contributed by atoms with van der Waals surface area (Å²) in [6, 6.07) is 3.77. The van der Waals surface area contributed by atoms with Gasteiger partial charge in [-0.15, -0.1) is 11.3 Å². The average molecular weight is 183 g/mol. The standard InChI is InChI=1S/C8H9NO2S/c1-5-2-3-6(12-5)4-7(9)8(10)11/h2-4H,9H2,1H3,(H,10,11)/b7-4+. The molecule has 1 heterocycles. The van der Waals surface area contributed by atoms with Gasteiger partial charge in [0.25, 0.3) is 0 Å². The van der Waals surface area contributed by atoms with Gasteiger partial charge in [-0.05, 0) is 25.1 Å². The van der Waals surface area contributed by atoms with Gasteiger partial charge in [0.2, 0.25) is 0 Å². The molecule has 1 aromatic rings. The highest BCUT2D eigenvalue weighted by Gasteiger charge is 2.01. The van der Waals surface area contributed by atoms with E-state index in [9.17, 15) is 4.79 Å². The second-order valence-electron chi connectivity index (χ2n) is 2.35. The molecule has 4 heteroatoms. The number of aryl methyl sites for hydroxylation is 1. The molecule has 12 heavy (non-hydrogen) atoms. The minimum Gasteiger partial charge on any atom is -0.477 e. The zero-order chi connectivity index (χ0) is 9.14. The molecule has 0 saturated heterocycles. The Hall–Kier alpha value is -1.29. The minimum absolute atomic E-state index is 0.128. The molecule has 64 valence electrons. The van der Waals surface area contributed by atoms with Crippen molar-refractivity contribution in [3.63, 3.8) is 0 Å². The summed E-state index contributed by atoms with van der Waals surface area (Å²) in [4.78, 5) is 12.3. The number of rotatable bonds is 2. The summed E-state index contributed by atoms with van der Waals surface area (Å²) in [5.74, 6) is -1.08. The van der Waals surface area contributed by atoms with Gasteiger partial charge in [-0.1, -0.05) is 0 Å². The molecule has 0 saturated carbocycles. The molecule has 0 amide bonds. The van der Waals surface area contributed by atoms with E-state index in [4.69, 9.17) is 10.8 Å². The van der Waals surface area contributed by atoms with Crippen LogP contribution in [0.2, 0.25) is 0 Å². The smallest absolute Gasteiger partial charge is 0.351 e. The van der Waals surface area contributed by atoms with Crippen LogP contribution in [0.5, 0.6) is 0 Å². The first-order valence-corrected chi connectivity index (χ1v) is 4.18. The van der Waals surface area contributed by atoms with Crippen molar-refractivity contribution < 1.29 is 9.90 Å². The van der Waals surface area contributed by atoms with Gasteiger partial charge in [0.1, 0.15) is 5.70 Å². The number of thiophene rings is 1. The van der Waals surface area contributed by atoms with E-state index in [0.717, 1.165) is 9.75 Å². The van der Waals surface area contributed by atoms with Crippen LogP contribution in [0.1, 0.15) is 9.75 Å². The van der Waals surface area contributed by atoms with Crippen molar-refractivity contribution in [3.05, 3.63) is 27.6 Å². The Morgan fingerprint density at radius 2 is 2.33 bits per heavy atom. The predicted octanol–water partition coefficient (Wildman–Crippen LogP) is 1.44. The number of carboxylic acids is 1. The molecule has 0 aliphatic carbocycles. The normalized spacial score (nSPS) is 11.6. The summed E-state index contributed by atoms with van der Waals surface area (Å²) < 4.78 is 0. The fourth-order valence-electron chi connectivity index (χ4n) is 0.746. The third-order valence-electron chi connectivity index (χ3n) is 1.31. The Labute approximate surface area is 74.1 Å². The van der Waals surface area contributed by atoms with E-state index in [1.807, 2.05) is 19.1 Å². The van der Waals surface area contributed by atoms with E-state index in [2.05, 4.69) is 0 Å². The summed E-state index contributed by atoms with van der Waals surface area (Å²) in [6.07, 6.45) is 1.46. The van der Waals surface area contributed by atoms with Gasteiger partial charge in [0.15, 0.2) is 0 Å². The number of nitrogens with two attached hydrogens (primary N) is 1. The van der Waals surface area contributed by atoms with Crippen LogP contribution in [0.15, 0.2) is 17.8 Å². The molecule has 0 aliphatic heterocycles. The highest BCUT2D eigenvalue weighted by atomic mass is 32.1. The fraction of sp³-hybridized carbons (Fsp3) is 0.125. The average Bonchev–Trinajstić information content (AvgIpc) is 2.35. The van der Waals surface area contributed by atoms with Crippen LogP contribution < -0.4 is 5.73 Å². The van der Waals surface area contributed by atoms with Crippen LogP contribution >= 0.6 is 11.3 Å². The van der Waals surface area contributed by atoms with Crippen molar-refractivity contribution in [2.75, 3.05) is 0 Å². The molecular weight excluding hydrogens is 174 g/mol. The lowest BCUT2D eigenvalue weighted by atomic mass is 10.3. The van der Waals surface area contributed by atoms with Gasteiger partial charge in [-0.2, -0.15) is 0 Å². The van der Waals surface area contributed by atoms with Gasteiger partial charge in [-0.3, -0.25) is 0 Å². The molecule has 3 nitrogen and oxygen atoms in total. The van der Waals surface area contributed by atoms with Gasteiger partial charge in [0.05, 0.1) is 0 Å². The zero-order valence-corrected chi connectivity index (χ0v) is 7.39. The van der Waals surface area contributed by atoms with E-state index in [-0.39, 0.29) is 5.70 Å². The monoisotopic (exact) mass is 183 g/mol. The van der Waals surface area contributed by atoms with E-state index in [1.165, 1.54) is 17.4 Å². The SMILES string of the molecule is Cc1ccc(/C=C(/N)C(=O)O)s1. The molecule has 0 unspecified atom stereocenters. The molecule has 0 atom stereocenters. The van der Waals surface area contributed by atoms with E-state index in [0.29, 0.717) is 0 Å². The van der Waals surface area contributed by atoms with Crippen LogP contribution in [0, 0.1) is 6.92 Å². The van der Waals surface area contributed by atoms with Crippen LogP contribution in [0.4, 0.5) is 0 Å². The highest BCUT2D eigenvalue weighted by Crippen LogP contribution is 2.17.